The molecular weight excluding hydrogens is 242 g/mol. The van der Waals surface area contributed by atoms with E-state index in [0.717, 1.165) is 25.1 Å². The Morgan fingerprint density at radius 3 is 3.00 bits per heavy atom. The lowest BCUT2D eigenvalue weighted by molar-refractivity contribution is 0.0933. The molecule has 0 aromatic carbocycles. The summed E-state index contributed by atoms with van der Waals surface area (Å²) < 4.78 is 2.07. The largest absolute Gasteiger partial charge is 0.349 e. The number of nitrogens with one attached hydrogen (secondary N) is 2. The van der Waals surface area contributed by atoms with Crippen molar-refractivity contribution in [2.24, 2.45) is 5.41 Å². The lowest BCUT2D eigenvalue weighted by Gasteiger charge is -2.16. The predicted octanol–water partition coefficient (Wildman–Crippen LogP) is 1.12. The van der Waals surface area contributed by atoms with Gasteiger partial charge < -0.3 is 14.9 Å². The van der Waals surface area contributed by atoms with Crippen LogP contribution in [0.15, 0.2) is 24.9 Å². The van der Waals surface area contributed by atoms with E-state index in [1.165, 1.54) is 0 Å². The van der Waals surface area contributed by atoms with Gasteiger partial charge in [-0.05, 0) is 19.8 Å². The Kier molecular flexibility index (Phi) is 2.85. The molecule has 1 fully saturated rings. The number of aromatic nitrogens is 4. The molecule has 0 atom stereocenters. The molecule has 2 aromatic rings. The molecule has 2 aromatic heterocycles. The van der Waals surface area contributed by atoms with Crippen molar-refractivity contribution in [2.45, 2.75) is 26.3 Å². The van der Waals surface area contributed by atoms with Crippen molar-refractivity contribution in [1.29, 1.82) is 0 Å². The number of H-pyrrole nitrogens is 1. The molecular formula is C13H17N5O. The summed E-state index contributed by atoms with van der Waals surface area (Å²) in [5.41, 5.74) is 1.09. The van der Waals surface area contributed by atoms with Gasteiger partial charge in [0.2, 0.25) is 0 Å². The van der Waals surface area contributed by atoms with Gasteiger partial charge in [0.15, 0.2) is 5.82 Å². The van der Waals surface area contributed by atoms with Gasteiger partial charge in [-0.3, -0.25) is 4.79 Å². The Morgan fingerprint density at radius 1 is 1.58 bits per heavy atom. The predicted molar refractivity (Wildman–Crippen MR) is 69.6 cm³/mol. The van der Waals surface area contributed by atoms with Crippen molar-refractivity contribution in [2.75, 3.05) is 6.54 Å². The number of nitrogens with zero attached hydrogens (tertiary/aromatic N) is 3. The summed E-state index contributed by atoms with van der Waals surface area (Å²) >= 11 is 0. The van der Waals surface area contributed by atoms with Crippen LogP contribution in [-0.4, -0.2) is 32.0 Å². The number of imidazole rings is 2. The van der Waals surface area contributed by atoms with Gasteiger partial charge in [-0.2, -0.15) is 0 Å². The number of aryl methyl sites for hydroxylation is 1. The molecule has 1 aliphatic carbocycles. The van der Waals surface area contributed by atoms with Gasteiger partial charge in [0.25, 0.3) is 5.91 Å². The molecule has 0 saturated heterocycles. The molecule has 2 N–H and O–H groups in total. The fraction of sp³-hybridized carbons (Fsp3) is 0.462. The maximum absolute atomic E-state index is 11.9. The van der Waals surface area contributed by atoms with Crippen molar-refractivity contribution in [3.05, 3.63) is 36.4 Å². The van der Waals surface area contributed by atoms with E-state index in [1.807, 2.05) is 19.4 Å². The third kappa shape index (κ3) is 2.67. The topological polar surface area (TPSA) is 75.6 Å². The first-order chi connectivity index (χ1) is 9.17. The zero-order chi connectivity index (χ0) is 13.3. The van der Waals surface area contributed by atoms with Crippen LogP contribution in [0.1, 0.15) is 29.2 Å². The first kappa shape index (κ1) is 12.0. The molecule has 0 aliphatic heterocycles. The van der Waals surface area contributed by atoms with Gasteiger partial charge in [-0.15, -0.1) is 0 Å². The van der Waals surface area contributed by atoms with E-state index in [9.17, 15) is 4.79 Å². The van der Waals surface area contributed by atoms with Crippen molar-refractivity contribution >= 4 is 5.91 Å². The maximum Gasteiger partial charge on any atom is 0.287 e. The summed E-state index contributed by atoms with van der Waals surface area (Å²) in [5, 5.41) is 2.96. The van der Waals surface area contributed by atoms with E-state index in [2.05, 4.69) is 24.8 Å². The van der Waals surface area contributed by atoms with E-state index < -0.39 is 0 Å². The van der Waals surface area contributed by atoms with Gasteiger partial charge in [0, 0.05) is 42.8 Å². The molecule has 1 saturated carbocycles. The summed E-state index contributed by atoms with van der Waals surface area (Å²) in [4.78, 5) is 22.9. The Labute approximate surface area is 111 Å². The van der Waals surface area contributed by atoms with Crippen LogP contribution in [0.3, 0.4) is 0 Å². The third-order valence-corrected chi connectivity index (χ3v) is 3.58. The summed E-state index contributed by atoms with van der Waals surface area (Å²) in [6.45, 7) is 3.47. The molecule has 1 amide bonds. The van der Waals surface area contributed by atoms with E-state index in [-0.39, 0.29) is 11.3 Å². The third-order valence-electron chi connectivity index (χ3n) is 3.58. The van der Waals surface area contributed by atoms with Crippen molar-refractivity contribution < 1.29 is 4.79 Å². The molecule has 19 heavy (non-hydrogen) atoms. The SMILES string of the molecule is Cc1cnc(C(=O)NCC2(Cn3ccnc3)CC2)[nH]1. The highest BCUT2D eigenvalue weighted by Crippen LogP contribution is 2.46. The molecule has 3 rings (SSSR count). The summed E-state index contributed by atoms with van der Waals surface area (Å²) in [6, 6.07) is 0. The highest BCUT2D eigenvalue weighted by atomic mass is 16.2. The van der Waals surface area contributed by atoms with Gasteiger partial charge in [-0.25, -0.2) is 9.97 Å². The fourth-order valence-electron chi connectivity index (χ4n) is 2.21. The second kappa shape index (κ2) is 4.53. The standard InChI is InChI=1S/C13H17N5O/c1-10-6-15-11(17-10)12(19)16-7-13(2-3-13)8-18-5-4-14-9-18/h4-6,9H,2-3,7-8H2,1H3,(H,15,17)(H,16,19). The highest BCUT2D eigenvalue weighted by Gasteiger charge is 2.43. The normalized spacial score (nSPS) is 16.3. The second-order valence-electron chi connectivity index (χ2n) is 5.33. The summed E-state index contributed by atoms with van der Waals surface area (Å²) in [5.74, 6) is 0.251. The lowest BCUT2D eigenvalue weighted by atomic mass is 10.1. The monoisotopic (exact) mass is 259 g/mol. The zero-order valence-corrected chi connectivity index (χ0v) is 10.9. The van der Waals surface area contributed by atoms with Gasteiger partial charge >= 0.3 is 0 Å². The van der Waals surface area contributed by atoms with E-state index in [4.69, 9.17) is 0 Å². The van der Waals surface area contributed by atoms with Crippen LogP contribution in [0.4, 0.5) is 0 Å². The van der Waals surface area contributed by atoms with Crippen molar-refractivity contribution in [1.82, 2.24) is 24.8 Å². The van der Waals surface area contributed by atoms with Crippen LogP contribution in [0, 0.1) is 12.3 Å². The molecule has 100 valence electrons. The molecule has 0 bridgehead atoms. The average molecular weight is 259 g/mol. The second-order valence-corrected chi connectivity index (χ2v) is 5.33. The van der Waals surface area contributed by atoms with E-state index in [1.54, 1.807) is 12.4 Å². The van der Waals surface area contributed by atoms with Gasteiger partial charge in [0.05, 0.1) is 6.33 Å². The van der Waals surface area contributed by atoms with Gasteiger partial charge in [0.1, 0.15) is 0 Å². The molecule has 0 spiro atoms. The first-order valence-electron chi connectivity index (χ1n) is 6.42. The fourth-order valence-corrected chi connectivity index (χ4v) is 2.21. The number of hydrogen-bond donors (Lipinski definition) is 2. The van der Waals surface area contributed by atoms with E-state index >= 15 is 0 Å². The Balaban J connectivity index is 1.56. The Bertz CT molecular complexity index is 568. The quantitative estimate of drug-likeness (QED) is 0.845. The number of hydrogen-bond acceptors (Lipinski definition) is 3. The number of carbonyl (C=O) groups excluding carboxylic acids is 1. The first-order valence-corrected chi connectivity index (χ1v) is 6.42. The van der Waals surface area contributed by atoms with Crippen molar-refractivity contribution in [3.63, 3.8) is 0 Å². The summed E-state index contributed by atoms with van der Waals surface area (Å²) in [7, 11) is 0. The number of aromatic amines is 1. The smallest absolute Gasteiger partial charge is 0.287 e. The van der Waals surface area contributed by atoms with Crippen LogP contribution in [-0.2, 0) is 6.54 Å². The van der Waals surface area contributed by atoms with E-state index in [0.29, 0.717) is 12.4 Å². The Hall–Kier alpha value is -2.11. The highest BCUT2D eigenvalue weighted by molar-refractivity contribution is 5.90. The summed E-state index contributed by atoms with van der Waals surface area (Å²) in [6.07, 6.45) is 9.49. The van der Waals surface area contributed by atoms with Crippen LogP contribution in [0.5, 0.6) is 0 Å². The number of rotatable bonds is 5. The zero-order valence-electron chi connectivity index (χ0n) is 10.9. The molecule has 1 aliphatic rings. The van der Waals surface area contributed by atoms with Gasteiger partial charge in [-0.1, -0.05) is 0 Å². The molecule has 0 radical (unpaired) electrons. The average Bonchev–Trinajstić information content (AvgIpc) is 2.79. The van der Waals surface area contributed by atoms with Crippen molar-refractivity contribution in [3.8, 4) is 0 Å². The van der Waals surface area contributed by atoms with Crippen LogP contribution in [0.2, 0.25) is 0 Å². The maximum atomic E-state index is 11.9. The minimum atomic E-state index is -0.134. The Morgan fingerprint density at radius 2 is 2.42 bits per heavy atom. The number of amides is 1. The lowest BCUT2D eigenvalue weighted by Crippen LogP contribution is -2.32. The van der Waals surface area contributed by atoms with Crippen LogP contribution in [0.25, 0.3) is 0 Å². The minimum absolute atomic E-state index is 0.134. The van der Waals surface area contributed by atoms with Crippen LogP contribution < -0.4 is 5.32 Å². The molecule has 2 heterocycles. The molecule has 6 nitrogen and oxygen atoms in total. The minimum Gasteiger partial charge on any atom is -0.349 e. The van der Waals surface area contributed by atoms with Crippen LogP contribution >= 0.6 is 0 Å². The number of carbonyl (C=O) groups is 1. The molecule has 6 heteroatoms. The molecule has 0 unspecified atom stereocenters.